The molecule has 3 aromatic heterocycles. The standard InChI is InChI=1S/C20H24N8O3S/c1-4-5-10-27-17-16(18(29)22-19(27)30)26(2)15(21-17)12-32-20-23-24-25-28(20)11-13-6-8-14(31-3)9-7-13/h6-9H,4-5,10-12H2,1-3H3,(H,22,29,30). The number of imidazole rings is 1. The van der Waals surface area contributed by atoms with E-state index < -0.39 is 11.2 Å². The van der Waals surface area contributed by atoms with Crippen LogP contribution in [0.2, 0.25) is 0 Å². The van der Waals surface area contributed by atoms with Gasteiger partial charge in [-0.2, -0.15) is 0 Å². The number of fused-ring (bicyclic) bond motifs is 1. The first-order valence-electron chi connectivity index (χ1n) is 10.2. The lowest BCUT2D eigenvalue weighted by Gasteiger charge is -2.06. The predicted octanol–water partition coefficient (Wildman–Crippen LogP) is 1.56. The van der Waals surface area contributed by atoms with Crippen LogP contribution in [0.1, 0.15) is 31.2 Å². The SMILES string of the molecule is CCCCn1c(=O)[nH]c(=O)c2c1nc(CSc1nnnn1Cc1ccc(OC)cc1)n2C. The number of nitrogens with zero attached hydrogens (tertiary/aromatic N) is 7. The van der Waals surface area contributed by atoms with Crippen molar-refractivity contribution < 1.29 is 4.74 Å². The van der Waals surface area contributed by atoms with Gasteiger partial charge in [-0.3, -0.25) is 14.3 Å². The highest BCUT2D eigenvalue weighted by Gasteiger charge is 2.17. The minimum atomic E-state index is -0.437. The Morgan fingerprint density at radius 2 is 1.97 bits per heavy atom. The van der Waals surface area contributed by atoms with E-state index in [2.05, 4.69) is 25.5 Å². The molecule has 1 N–H and O–H groups in total. The molecule has 0 aliphatic heterocycles. The maximum atomic E-state index is 12.4. The minimum Gasteiger partial charge on any atom is -0.497 e. The molecule has 1 aromatic carbocycles. The Kier molecular flexibility index (Phi) is 6.40. The average molecular weight is 457 g/mol. The van der Waals surface area contributed by atoms with Crippen molar-refractivity contribution in [3.05, 3.63) is 56.5 Å². The van der Waals surface area contributed by atoms with Crippen LogP contribution in [0.25, 0.3) is 11.2 Å². The Morgan fingerprint density at radius 3 is 2.69 bits per heavy atom. The molecule has 32 heavy (non-hydrogen) atoms. The Hall–Kier alpha value is -3.41. The van der Waals surface area contributed by atoms with Gasteiger partial charge in [0.1, 0.15) is 11.6 Å². The molecule has 0 fully saturated rings. The molecule has 0 spiro atoms. The van der Waals surface area contributed by atoms with Crippen molar-refractivity contribution in [2.24, 2.45) is 7.05 Å². The van der Waals surface area contributed by atoms with Gasteiger partial charge >= 0.3 is 5.69 Å². The molecular formula is C20H24N8O3S. The molecule has 3 heterocycles. The summed E-state index contributed by atoms with van der Waals surface area (Å²) < 4.78 is 10.2. The maximum absolute atomic E-state index is 12.4. The number of aromatic amines is 1. The first-order valence-corrected chi connectivity index (χ1v) is 11.2. The molecular weight excluding hydrogens is 432 g/mol. The van der Waals surface area contributed by atoms with Crippen molar-refractivity contribution in [2.45, 2.75) is 43.8 Å². The molecule has 0 atom stereocenters. The van der Waals surface area contributed by atoms with E-state index in [1.807, 2.05) is 31.2 Å². The number of aryl methyl sites for hydroxylation is 2. The molecule has 0 radical (unpaired) electrons. The zero-order valence-corrected chi connectivity index (χ0v) is 18.9. The summed E-state index contributed by atoms with van der Waals surface area (Å²) in [4.78, 5) is 31.7. The van der Waals surface area contributed by atoms with Crippen molar-refractivity contribution in [1.82, 2.24) is 39.3 Å². The number of unbranched alkanes of at least 4 members (excludes halogenated alkanes) is 1. The monoisotopic (exact) mass is 456 g/mol. The van der Waals surface area contributed by atoms with Crippen LogP contribution in [0.15, 0.2) is 39.0 Å². The second kappa shape index (κ2) is 9.39. The topological polar surface area (TPSA) is 126 Å². The molecule has 12 heteroatoms. The second-order valence-corrected chi connectivity index (χ2v) is 8.22. The molecule has 0 unspecified atom stereocenters. The summed E-state index contributed by atoms with van der Waals surface area (Å²) in [5, 5.41) is 12.6. The molecule has 168 valence electrons. The van der Waals surface area contributed by atoms with Crippen LogP contribution < -0.4 is 16.0 Å². The van der Waals surface area contributed by atoms with E-state index >= 15 is 0 Å². The number of hydrogen-bond donors (Lipinski definition) is 1. The molecule has 0 saturated heterocycles. The molecule has 0 aliphatic rings. The zero-order valence-electron chi connectivity index (χ0n) is 18.1. The Morgan fingerprint density at radius 1 is 1.19 bits per heavy atom. The van der Waals surface area contributed by atoms with Gasteiger partial charge in [-0.15, -0.1) is 5.10 Å². The van der Waals surface area contributed by atoms with Gasteiger partial charge in [-0.25, -0.2) is 14.5 Å². The average Bonchev–Trinajstić information content (AvgIpc) is 3.36. The summed E-state index contributed by atoms with van der Waals surface area (Å²) in [6.07, 6.45) is 1.75. The van der Waals surface area contributed by atoms with Crippen molar-refractivity contribution in [1.29, 1.82) is 0 Å². The van der Waals surface area contributed by atoms with Crippen LogP contribution in [0, 0.1) is 0 Å². The fourth-order valence-electron chi connectivity index (χ4n) is 3.38. The number of thioether (sulfide) groups is 1. The summed E-state index contributed by atoms with van der Waals surface area (Å²) in [6.45, 7) is 3.06. The first kappa shape index (κ1) is 21.8. The lowest BCUT2D eigenvalue weighted by Crippen LogP contribution is -2.31. The van der Waals surface area contributed by atoms with Gasteiger partial charge in [0.05, 0.1) is 19.4 Å². The fourth-order valence-corrected chi connectivity index (χ4v) is 4.24. The van der Waals surface area contributed by atoms with Gasteiger partial charge in [0.25, 0.3) is 5.56 Å². The van der Waals surface area contributed by atoms with Crippen molar-refractivity contribution in [3.8, 4) is 5.75 Å². The molecule has 4 rings (SSSR count). The highest BCUT2D eigenvalue weighted by Crippen LogP contribution is 2.22. The first-order chi connectivity index (χ1) is 15.5. The molecule has 11 nitrogen and oxygen atoms in total. The maximum Gasteiger partial charge on any atom is 0.330 e. The lowest BCUT2D eigenvalue weighted by molar-refractivity contribution is 0.414. The smallest absolute Gasteiger partial charge is 0.330 e. The zero-order chi connectivity index (χ0) is 22.7. The number of nitrogens with one attached hydrogen (secondary N) is 1. The lowest BCUT2D eigenvalue weighted by atomic mass is 10.2. The van der Waals surface area contributed by atoms with Gasteiger partial charge in [0.2, 0.25) is 5.16 Å². The quantitative estimate of drug-likeness (QED) is 0.376. The van der Waals surface area contributed by atoms with Crippen LogP contribution in [0.5, 0.6) is 5.75 Å². The van der Waals surface area contributed by atoms with Crippen LogP contribution in [-0.2, 0) is 25.9 Å². The van der Waals surface area contributed by atoms with Gasteiger partial charge in [0, 0.05) is 13.6 Å². The van der Waals surface area contributed by atoms with E-state index in [1.54, 1.807) is 23.4 Å². The Bertz CT molecular complexity index is 1340. The summed E-state index contributed by atoms with van der Waals surface area (Å²) in [5.74, 6) is 1.88. The summed E-state index contributed by atoms with van der Waals surface area (Å²) in [6, 6.07) is 7.70. The molecule has 0 aliphatic carbocycles. The Labute approximate surface area is 187 Å². The normalized spacial score (nSPS) is 11.3. The van der Waals surface area contributed by atoms with Crippen LogP contribution >= 0.6 is 11.8 Å². The number of H-pyrrole nitrogens is 1. The number of aromatic nitrogens is 8. The number of ether oxygens (including phenoxy) is 1. The second-order valence-electron chi connectivity index (χ2n) is 7.28. The third-order valence-electron chi connectivity index (χ3n) is 5.16. The Balaban J connectivity index is 1.57. The third kappa shape index (κ3) is 4.31. The number of hydrogen-bond acceptors (Lipinski definition) is 8. The van der Waals surface area contributed by atoms with E-state index in [1.165, 1.54) is 16.3 Å². The number of methoxy groups -OCH3 is 1. The summed E-state index contributed by atoms with van der Waals surface area (Å²) in [5.41, 5.74) is 0.955. The molecule has 0 saturated carbocycles. The van der Waals surface area contributed by atoms with Gasteiger partial charge in [-0.1, -0.05) is 37.2 Å². The molecule has 0 bridgehead atoms. The minimum absolute atomic E-state index is 0.383. The number of tetrazole rings is 1. The van der Waals surface area contributed by atoms with Crippen molar-refractivity contribution in [3.63, 3.8) is 0 Å². The number of benzene rings is 1. The largest absolute Gasteiger partial charge is 0.497 e. The third-order valence-corrected chi connectivity index (χ3v) is 6.11. The van der Waals surface area contributed by atoms with Crippen LogP contribution in [0.4, 0.5) is 0 Å². The summed E-state index contributed by atoms with van der Waals surface area (Å²) >= 11 is 1.42. The fraction of sp³-hybridized carbons (Fsp3) is 0.400. The van der Waals surface area contributed by atoms with E-state index in [9.17, 15) is 9.59 Å². The van der Waals surface area contributed by atoms with Crippen LogP contribution in [0.3, 0.4) is 0 Å². The van der Waals surface area contributed by atoms with Crippen LogP contribution in [-0.4, -0.2) is 46.4 Å². The number of rotatable bonds is 9. The van der Waals surface area contributed by atoms with E-state index in [0.717, 1.165) is 24.2 Å². The van der Waals surface area contributed by atoms with Crippen molar-refractivity contribution >= 4 is 22.9 Å². The van der Waals surface area contributed by atoms with Gasteiger partial charge in [0.15, 0.2) is 11.2 Å². The highest BCUT2D eigenvalue weighted by atomic mass is 32.2. The van der Waals surface area contributed by atoms with E-state index in [-0.39, 0.29) is 0 Å². The molecule has 0 amide bonds. The highest BCUT2D eigenvalue weighted by molar-refractivity contribution is 7.98. The van der Waals surface area contributed by atoms with Gasteiger partial charge in [-0.05, 0) is 34.5 Å². The van der Waals surface area contributed by atoms with Crippen molar-refractivity contribution in [2.75, 3.05) is 7.11 Å². The van der Waals surface area contributed by atoms with Gasteiger partial charge < -0.3 is 9.30 Å². The summed E-state index contributed by atoms with van der Waals surface area (Å²) in [7, 11) is 3.40. The van der Waals surface area contributed by atoms with E-state index in [4.69, 9.17) is 4.74 Å². The van der Waals surface area contributed by atoms with E-state index in [0.29, 0.717) is 41.0 Å². The predicted molar refractivity (Wildman–Crippen MR) is 120 cm³/mol. The molecule has 4 aromatic rings.